The number of carbonyl (C=O) groups excluding carboxylic acids is 2. The molecule has 0 radical (unpaired) electrons. The van der Waals surface area contributed by atoms with Crippen LogP contribution in [0.4, 0.5) is 0 Å². The molecule has 0 fully saturated rings. The molecule has 6 heteroatoms. The molecule has 0 aliphatic heterocycles. The molecule has 63 heavy (non-hydrogen) atoms. The van der Waals surface area contributed by atoms with Crippen LogP contribution in [0.5, 0.6) is 0 Å². The Balaban J connectivity index is 4.63. The van der Waals surface area contributed by atoms with Crippen LogP contribution >= 0.6 is 0 Å². The number of rotatable bonds is 48. The van der Waals surface area contributed by atoms with Crippen molar-refractivity contribution in [3.63, 3.8) is 0 Å². The summed E-state index contributed by atoms with van der Waals surface area (Å²) in [5.74, 6) is -0.532. The summed E-state index contributed by atoms with van der Waals surface area (Å²) in [4.78, 5) is 26.2. The second kappa shape index (κ2) is 50.6. The summed E-state index contributed by atoms with van der Waals surface area (Å²) in [6.45, 7) is 6.43. The molecular weight excluding hydrogens is 779 g/mol. The number of esters is 1. The van der Waals surface area contributed by atoms with E-state index in [1.165, 1.54) is 141 Å². The van der Waals surface area contributed by atoms with E-state index in [9.17, 15) is 19.8 Å². The topological polar surface area (TPSA) is 95.9 Å². The highest BCUT2D eigenvalue weighted by Gasteiger charge is 2.24. The van der Waals surface area contributed by atoms with Gasteiger partial charge in [-0.2, -0.15) is 0 Å². The summed E-state index contributed by atoms with van der Waals surface area (Å²) in [5, 5.41) is 23.7. The van der Waals surface area contributed by atoms with Crippen LogP contribution in [0.15, 0.2) is 60.8 Å². The zero-order valence-electron chi connectivity index (χ0n) is 41.7. The van der Waals surface area contributed by atoms with Crippen molar-refractivity contribution >= 4 is 11.9 Å². The van der Waals surface area contributed by atoms with Crippen molar-refractivity contribution in [2.45, 2.75) is 283 Å². The number of aliphatic hydroxyl groups excluding tert-OH is 2. The fourth-order valence-corrected chi connectivity index (χ4v) is 7.96. The quantitative estimate of drug-likeness (QED) is 0.0245. The normalized spacial score (nSPS) is 13.7. The zero-order chi connectivity index (χ0) is 45.9. The number of hydrogen-bond donors (Lipinski definition) is 3. The van der Waals surface area contributed by atoms with Crippen molar-refractivity contribution in [1.29, 1.82) is 0 Å². The molecule has 1 amide bonds. The number of unbranched alkanes of at least 4 members (excludes halogenated alkanes) is 27. The SMILES string of the molecule is CCCCC/C=C\C/C=C\C/C=C\CCCCCCCCC(=O)OC(CCC/C=C/C=C/CCCCCCCCC)CC(=O)NC(CO)C(O)CCCCCCCCCCCCC. The summed E-state index contributed by atoms with van der Waals surface area (Å²) in [7, 11) is 0. The Labute approximate surface area is 390 Å². The van der Waals surface area contributed by atoms with Gasteiger partial charge in [0.25, 0.3) is 0 Å². The molecule has 0 rings (SSSR count). The van der Waals surface area contributed by atoms with Gasteiger partial charge in [-0.25, -0.2) is 0 Å². The Kier molecular flexibility index (Phi) is 48.6. The van der Waals surface area contributed by atoms with Gasteiger partial charge in [0.15, 0.2) is 0 Å². The fraction of sp³-hybridized carbons (Fsp3) is 0.789. The Hall–Kier alpha value is -2.44. The predicted octanol–water partition coefficient (Wildman–Crippen LogP) is 16.4. The lowest BCUT2D eigenvalue weighted by molar-refractivity contribution is -0.151. The molecule has 0 saturated heterocycles. The number of amides is 1. The third-order valence-electron chi connectivity index (χ3n) is 12.1. The van der Waals surface area contributed by atoms with Crippen molar-refractivity contribution in [3.05, 3.63) is 60.8 Å². The largest absolute Gasteiger partial charge is 0.462 e. The number of allylic oxidation sites excluding steroid dienone is 10. The third-order valence-corrected chi connectivity index (χ3v) is 12.1. The first-order valence-corrected chi connectivity index (χ1v) is 27.0. The van der Waals surface area contributed by atoms with Crippen LogP contribution in [-0.4, -0.2) is 46.9 Å². The highest BCUT2D eigenvalue weighted by Crippen LogP contribution is 2.17. The molecule has 0 bridgehead atoms. The first-order valence-electron chi connectivity index (χ1n) is 27.0. The lowest BCUT2D eigenvalue weighted by atomic mass is 10.0. The fourth-order valence-electron chi connectivity index (χ4n) is 7.96. The molecule has 0 saturated carbocycles. The summed E-state index contributed by atoms with van der Waals surface area (Å²) in [6, 6.07) is -0.719. The van der Waals surface area contributed by atoms with Gasteiger partial charge in [0, 0.05) is 6.42 Å². The van der Waals surface area contributed by atoms with Gasteiger partial charge in [0.1, 0.15) is 6.10 Å². The third kappa shape index (κ3) is 45.9. The molecule has 0 aliphatic carbocycles. The second-order valence-electron chi connectivity index (χ2n) is 18.3. The van der Waals surface area contributed by atoms with Crippen LogP contribution in [0.2, 0.25) is 0 Å². The van der Waals surface area contributed by atoms with Crippen LogP contribution in [0, 0.1) is 0 Å². The molecule has 0 aliphatic rings. The zero-order valence-corrected chi connectivity index (χ0v) is 41.7. The van der Waals surface area contributed by atoms with E-state index in [-0.39, 0.29) is 24.9 Å². The van der Waals surface area contributed by atoms with Crippen LogP contribution in [0.3, 0.4) is 0 Å². The van der Waals surface area contributed by atoms with E-state index in [2.05, 4.69) is 86.8 Å². The minimum atomic E-state index is -0.802. The highest BCUT2D eigenvalue weighted by molar-refractivity contribution is 5.77. The van der Waals surface area contributed by atoms with Crippen LogP contribution in [0.1, 0.15) is 265 Å². The molecule has 0 aromatic heterocycles. The van der Waals surface area contributed by atoms with Gasteiger partial charge in [-0.05, 0) is 83.5 Å². The minimum absolute atomic E-state index is 0.0384. The van der Waals surface area contributed by atoms with Crippen molar-refractivity contribution in [3.8, 4) is 0 Å². The molecule has 0 aromatic rings. The molecule has 3 N–H and O–H groups in total. The van der Waals surface area contributed by atoms with Gasteiger partial charge in [-0.3, -0.25) is 9.59 Å². The number of carbonyl (C=O) groups is 2. The predicted molar refractivity (Wildman–Crippen MR) is 273 cm³/mol. The summed E-state index contributed by atoms with van der Waals surface area (Å²) in [6.07, 6.45) is 62.8. The van der Waals surface area contributed by atoms with E-state index in [0.29, 0.717) is 19.3 Å². The molecule has 0 heterocycles. The molecule has 3 atom stereocenters. The van der Waals surface area contributed by atoms with Crippen molar-refractivity contribution in [2.75, 3.05) is 6.61 Å². The molecule has 6 nitrogen and oxygen atoms in total. The average molecular weight is 882 g/mol. The van der Waals surface area contributed by atoms with Crippen LogP contribution < -0.4 is 5.32 Å². The summed E-state index contributed by atoms with van der Waals surface area (Å²) in [5.41, 5.74) is 0. The van der Waals surface area contributed by atoms with Crippen molar-refractivity contribution in [1.82, 2.24) is 5.32 Å². The van der Waals surface area contributed by atoms with Gasteiger partial charge in [0.05, 0.1) is 25.2 Å². The van der Waals surface area contributed by atoms with E-state index in [4.69, 9.17) is 4.74 Å². The molecule has 0 spiro atoms. The monoisotopic (exact) mass is 882 g/mol. The minimum Gasteiger partial charge on any atom is -0.462 e. The van der Waals surface area contributed by atoms with Gasteiger partial charge < -0.3 is 20.3 Å². The second-order valence-corrected chi connectivity index (χ2v) is 18.3. The number of hydrogen-bond acceptors (Lipinski definition) is 5. The Morgan fingerprint density at radius 2 is 0.873 bits per heavy atom. The standard InChI is InChI=1S/C57H103NO5/c1-4-7-10-13-16-19-22-24-26-27-28-29-30-32-35-38-41-44-47-50-57(62)63-53(48-45-42-39-36-34-31-25-23-20-17-14-11-8-5-2)51-56(61)58-54(52-59)55(60)49-46-43-40-37-33-21-18-15-12-9-6-3/h16,19,24,26,28-29,31,34,36,39,53-55,59-60H,4-15,17-18,20-23,25,27,30,32-33,35,37-38,40-52H2,1-3H3,(H,58,61)/b19-16-,26-24-,29-28-,34-31+,39-36+. The van der Waals surface area contributed by atoms with Crippen molar-refractivity contribution in [2.24, 2.45) is 0 Å². The van der Waals surface area contributed by atoms with Crippen LogP contribution in [0.25, 0.3) is 0 Å². The van der Waals surface area contributed by atoms with E-state index in [1.54, 1.807) is 0 Å². The summed E-state index contributed by atoms with van der Waals surface area (Å²) < 4.78 is 5.91. The van der Waals surface area contributed by atoms with E-state index in [1.807, 2.05) is 0 Å². The maximum atomic E-state index is 13.2. The first kappa shape index (κ1) is 60.6. The highest BCUT2D eigenvalue weighted by atomic mass is 16.5. The molecular formula is C57H103NO5. The maximum absolute atomic E-state index is 13.2. The molecule has 366 valence electrons. The Morgan fingerprint density at radius 1 is 0.476 bits per heavy atom. The van der Waals surface area contributed by atoms with E-state index < -0.39 is 18.2 Å². The lowest BCUT2D eigenvalue weighted by Crippen LogP contribution is -2.46. The smallest absolute Gasteiger partial charge is 0.306 e. The molecule has 3 unspecified atom stereocenters. The maximum Gasteiger partial charge on any atom is 0.306 e. The lowest BCUT2D eigenvalue weighted by Gasteiger charge is -2.24. The van der Waals surface area contributed by atoms with Crippen LogP contribution in [-0.2, 0) is 14.3 Å². The Bertz CT molecular complexity index is 1130. The van der Waals surface area contributed by atoms with E-state index >= 15 is 0 Å². The van der Waals surface area contributed by atoms with Gasteiger partial charge in [-0.1, -0.05) is 229 Å². The number of nitrogens with one attached hydrogen (secondary N) is 1. The van der Waals surface area contributed by atoms with Gasteiger partial charge in [0.2, 0.25) is 5.91 Å². The Morgan fingerprint density at radius 3 is 1.38 bits per heavy atom. The average Bonchev–Trinajstić information content (AvgIpc) is 3.28. The number of aliphatic hydroxyl groups is 2. The first-order chi connectivity index (χ1) is 31.0. The summed E-state index contributed by atoms with van der Waals surface area (Å²) >= 11 is 0. The van der Waals surface area contributed by atoms with E-state index in [0.717, 1.165) is 77.0 Å². The van der Waals surface area contributed by atoms with Gasteiger partial charge in [-0.15, -0.1) is 0 Å². The van der Waals surface area contributed by atoms with Gasteiger partial charge >= 0.3 is 5.97 Å². The number of ether oxygens (including phenoxy) is 1. The molecule has 0 aromatic carbocycles. The van der Waals surface area contributed by atoms with Crippen molar-refractivity contribution < 1.29 is 24.5 Å².